The molecule has 0 aliphatic heterocycles. The number of benzene rings is 3. The molecular weight excluding hydrogens is 403 g/mol. The molecule has 0 amide bonds. The van der Waals surface area contributed by atoms with Crippen molar-refractivity contribution in [2.45, 2.75) is 38.0 Å². The second kappa shape index (κ2) is 8.53. The first-order valence-electron chi connectivity index (χ1n) is 10.3. The van der Waals surface area contributed by atoms with Gasteiger partial charge in [-0.1, -0.05) is 30.3 Å². The molecule has 0 radical (unpaired) electrons. The van der Waals surface area contributed by atoms with Crippen LogP contribution < -0.4 is 15.2 Å². The average Bonchev–Trinajstić information content (AvgIpc) is 3.26. The summed E-state index contributed by atoms with van der Waals surface area (Å²) < 4.78 is 51.4. The van der Waals surface area contributed by atoms with E-state index in [0.29, 0.717) is 33.9 Å². The van der Waals surface area contributed by atoms with Crippen molar-refractivity contribution < 1.29 is 22.6 Å². The summed E-state index contributed by atoms with van der Waals surface area (Å²) in [4.78, 5) is 0. The van der Waals surface area contributed by atoms with Gasteiger partial charge in [-0.25, -0.2) is 0 Å². The zero-order valence-electron chi connectivity index (χ0n) is 17.2. The number of nitrogens with two attached hydrogens (primary N) is 1. The van der Waals surface area contributed by atoms with Crippen LogP contribution in [0.5, 0.6) is 11.5 Å². The Morgan fingerprint density at radius 1 is 0.871 bits per heavy atom. The minimum Gasteiger partial charge on any atom is -0.493 e. The topological polar surface area (TPSA) is 44.5 Å². The summed E-state index contributed by atoms with van der Waals surface area (Å²) in [5.74, 6) is 1.23. The largest absolute Gasteiger partial charge is 0.493 e. The molecule has 3 aromatic rings. The number of nitrogen functional groups attached to an aromatic ring is 1. The smallest absolute Gasteiger partial charge is 0.416 e. The van der Waals surface area contributed by atoms with Crippen molar-refractivity contribution >= 4 is 5.69 Å². The van der Waals surface area contributed by atoms with E-state index in [1.807, 2.05) is 18.2 Å². The van der Waals surface area contributed by atoms with Crippen molar-refractivity contribution in [2.24, 2.45) is 0 Å². The Hall–Kier alpha value is -3.15. The zero-order valence-corrected chi connectivity index (χ0v) is 17.2. The van der Waals surface area contributed by atoms with Crippen LogP contribution in [0.1, 0.15) is 31.2 Å². The van der Waals surface area contributed by atoms with Gasteiger partial charge in [-0.05, 0) is 72.7 Å². The van der Waals surface area contributed by atoms with Gasteiger partial charge >= 0.3 is 6.18 Å². The molecule has 0 heterocycles. The van der Waals surface area contributed by atoms with E-state index in [2.05, 4.69) is 0 Å². The summed E-state index contributed by atoms with van der Waals surface area (Å²) in [7, 11) is 1.58. The van der Waals surface area contributed by atoms with Crippen LogP contribution in [0.15, 0.2) is 60.7 Å². The molecule has 0 aromatic heterocycles. The van der Waals surface area contributed by atoms with Crippen LogP contribution in [0.2, 0.25) is 0 Å². The fourth-order valence-corrected chi connectivity index (χ4v) is 4.11. The molecule has 3 nitrogen and oxygen atoms in total. The third-order valence-corrected chi connectivity index (χ3v) is 5.65. The second-order valence-electron chi connectivity index (χ2n) is 7.74. The minimum atomic E-state index is -4.42. The molecule has 1 aliphatic carbocycles. The molecule has 0 unspecified atom stereocenters. The van der Waals surface area contributed by atoms with E-state index in [4.69, 9.17) is 15.2 Å². The van der Waals surface area contributed by atoms with Crippen molar-refractivity contribution in [3.8, 4) is 33.8 Å². The standard InChI is InChI=1S/C25H24F3NO2/c1-30-22-13-12-17(15-23(22)31-19-8-2-3-9-19)24-20(10-5-11-21(24)29)16-6-4-7-18(14-16)25(26,27)28/h4-7,10-15,19H,2-3,8-9,29H2,1H3. The Bertz CT molecular complexity index is 1070. The molecule has 1 fully saturated rings. The second-order valence-corrected chi connectivity index (χ2v) is 7.74. The molecule has 31 heavy (non-hydrogen) atoms. The Kier molecular flexibility index (Phi) is 5.81. The van der Waals surface area contributed by atoms with E-state index in [-0.39, 0.29) is 6.10 Å². The lowest BCUT2D eigenvalue weighted by atomic mass is 9.92. The Morgan fingerprint density at radius 2 is 1.61 bits per heavy atom. The summed E-state index contributed by atoms with van der Waals surface area (Å²) in [5, 5.41) is 0. The van der Waals surface area contributed by atoms with Crippen LogP contribution in [0.3, 0.4) is 0 Å². The highest BCUT2D eigenvalue weighted by Gasteiger charge is 2.30. The number of hydrogen-bond acceptors (Lipinski definition) is 3. The first-order valence-corrected chi connectivity index (χ1v) is 10.3. The molecule has 0 spiro atoms. The van der Waals surface area contributed by atoms with Gasteiger partial charge in [0.2, 0.25) is 0 Å². The fourth-order valence-electron chi connectivity index (χ4n) is 4.11. The van der Waals surface area contributed by atoms with Gasteiger partial charge in [0.05, 0.1) is 18.8 Å². The summed E-state index contributed by atoms with van der Waals surface area (Å²) >= 11 is 0. The highest BCUT2D eigenvalue weighted by Crippen LogP contribution is 2.42. The van der Waals surface area contributed by atoms with Crippen LogP contribution in [0, 0.1) is 0 Å². The number of alkyl halides is 3. The molecule has 4 rings (SSSR count). The zero-order chi connectivity index (χ0) is 22.0. The molecule has 2 N–H and O–H groups in total. The van der Waals surface area contributed by atoms with Crippen molar-refractivity contribution in [3.63, 3.8) is 0 Å². The molecule has 0 saturated heterocycles. The maximum atomic E-state index is 13.3. The first kappa shape index (κ1) is 21.1. The summed E-state index contributed by atoms with van der Waals surface area (Å²) in [6.45, 7) is 0. The van der Waals surface area contributed by atoms with E-state index in [1.54, 1.807) is 31.4 Å². The third kappa shape index (κ3) is 4.48. The lowest BCUT2D eigenvalue weighted by Gasteiger charge is -2.19. The summed E-state index contributed by atoms with van der Waals surface area (Å²) in [6.07, 6.45) is -0.0121. The number of ether oxygens (including phenoxy) is 2. The van der Waals surface area contributed by atoms with Crippen molar-refractivity contribution in [3.05, 3.63) is 66.2 Å². The van der Waals surface area contributed by atoms with Crippen LogP contribution in [0.25, 0.3) is 22.3 Å². The number of rotatable bonds is 5. The first-order chi connectivity index (χ1) is 14.9. The quantitative estimate of drug-likeness (QED) is 0.448. The number of halogens is 3. The maximum Gasteiger partial charge on any atom is 0.416 e. The number of methoxy groups -OCH3 is 1. The highest BCUT2D eigenvalue weighted by molar-refractivity contribution is 5.91. The van der Waals surface area contributed by atoms with Crippen molar-refractivity contribution in [2.75, 3.05) is 12.8 Å². The monoisotopic (exact) mass is 427 g/mol. The van der Waals surface area contributed by atoms with Gasteiger partial charge in [0.25, 0.3) is 0 Å². The summed E-state index contributed by atoms with van der Waals surface area (Å²) in [6, 6.07) is 16.1. The summed E-state index contributed by atoms with van der Waals surface area (Å²) in [5.41, 5.74) is 8.60. The Balaban J connectivity index is 1.81. The van der Waals surface area contributed by atoms with E-state index >= 15 is 0 Å². The van der Waals surface area contributed by atoms with Gasteiger partial charge in [0.1, 0.15) is 0 Å². The molecule has 1 saturated carbocycles. The highest BCUT2D eigenvalue weighted by atomic mass is 19.4. The van der Waals surface area contributed by atoms with Crippen LogP contribution >= 0.6 is 0 Å². The fraction of sp³-hybridized carbons (Fsp3) is 0.280. The molecule has 1 aliphatic rings. The van der Waals surface area contributed by atoms with Gasteiger partial charge in [-0.15, -0.1) is 0 Å². The maximum absolute atomic E-state index is 13.3. The van der Waals surface area contributed by atoms with Gasteiger partial charge in [-0.3, -0.25) is 0 Å². The molecule has 0 bridgehead atoms. The van der Waals surface area contributed by atoms with Crippen molar-refractivity contribution in [1.29, 1.82) is 0 Å². The Morgan fingerprint density at radius 3 is 2.32 bits per heavy atom. The van der Waals surface area contributed by atoms with Gasteiger partial charge in [-0.2, -0.15) is 13.2 Å². The van der Waals surface area contributed by atoms with Crippen molar-refractivity contribution in [1.82, 2.24) is 0 Å². The van der Waals surface area contributed by atoms with Gasteiger partial charge in [0, 0.05) is 11.3 Å². The number of hydrogen-bond donors (Lipinski definition) is 1. The Labute approximate surface area is 179 Å². The van der Waals surface area contributed by atoms with E-state index in [0.717, 1.165) is 43.4 Å². The van der Waals surface area contributed by atoms with Crippen LogP contribution in [0.4, 0.5) is 18.9 Å². The average molecular weight is 427 g/mol. The molecule has 3 aromatic carbocycles. The van der Waals surface area contributed by atoms with Crippen LogP contribution in [-0.2, 0) is 6.18 Å². The molecule has 0 atom stereocenters. The molecule has 6 heteroatoms. The lowest BCUT2D eigenvalue weighted by molar-refractivity contribution is -0.137. The third-order valence-electron chi connectivity index (χ3n) is 5.65. The minimum absolute atomic E-state index is 0.139. The van der Waals surface area contributed by atoms with E-state index < -0.39 is 11.7 Å². The van der Waals surface area contributed by atoms with Crippen LogP contribution in [-0.4, -0.2) is 13.2 Å². The van der Waals surface area contributed by atoms with Gasteiger partial charge < -0.3 is 15.2 Å². The van der Waals surface area contributed by atoms with E-state index in [9.17, 15) is 13.2 Å². The SMILES string of the molecule is COc1ccc(-c2c(N)cccc2-c2cccc(C(F)(F)F)c2)cc1OC1CCCC1. The number of anilines is 1. The lowest BCUT2D eigenvalue weighted by Crippen LogP contribution is -2.11. The molecule has 162 valence electrons. The normalized spacial score (nSPS) is 14.6. The predicted octanol–water partition coefficient (Wildman–Crippen LogP) is 6.95. The molecular formula is C25H24F3NO2. The van der Waals surface area contributed by atoms with E-state index in [1.165, 1.54) is 6.07 Å². The predicted molar refractivity (Wildman–Crippen MR) is 116 cm³/mol. The van der Waals surface area contributed by atoms with Gasteiger partial charge in [0.15, 0.2) is 11.5 Å².